The molecular formula is C8H14F3N. The second-order valence-electron chi connectivity index (χ2n) is 3.36. The van der Waals surface area contributed by atoms with Crippen molar-refractivity contribution in [2.24, 2.45) is 0 Å². The molecular weight excluding hydrogens is 167 g/mol. The van der Waals surface area contributed by atoms with Gasteiger partial charge in [0.05, 0.1) is 0 Å². The molecule has 1 rings (SSSR count). The molecule has 4 heteroatoms. The van der Waals surface area contributed by atoms with Crippen LogP contribution >= 0.6 is 0 Å². The fraction of sp³-hybridized carbons (Fsp3) is 1.00. The first kappa shape index (κ1) is 9.84. The Kier molecular flexibility index (Phi) is 2.66. The van der Waals surface area contributed by atoms with Gasteiger partial charge in [-0.15, -0.1) is 0 Å². The Labute approximate surface area is 70.3 Å². The van der Waals surface area contributed by atoms with E-state index in [4.69, 9.17) is 0 Å². The van der Waals surface area contributed by atoms with E-state index in [1.165, 1.54) is 0 Å². The van der Waals surface area contributed by atoms with Gasteiger partial charge in [0.15, 0.2) is 0 Å². The van der Waals surface area contributed by atoms with Crippen LogP contribution in [0.5, 0.6) is 0 Å². The molecule has 0 aromatic carbocycles. The second kappa shape index (κ2) is 3.24. The molecule has 0 atom stereocenters. The maximum Gasteiger partial charge on any atom is 0.406 e. The van der Waals surface area contributed by atoms with Crippen molar-refractivity contribution in [1.82, 2.24) is 5.32 Å². The predicted octanol–water partition coefficient (Wildman–Crippen LogP) is 2.47. The van der Waals surface area contributed by atoms with Crippen molar-refractivity contribution >= 4 is 0 Å². The normalized spacial score (nSPS) is 21.0. The smallest absolute Gasteiger partial charge is 0.304 e. The van der Waals surface area contributed by atoms with Crippen LogP contribution < -0.4 is 5.32 Å². The highest BCUT2D eigenvalue weighted by molar-refractivity contribution is 5.07. The van der Waals surface area contributed by atoms with E-state index < -0.39 is 11.7 Å². The molecule has 1 nitrogen and oxygen atoms in total. The molecule has 0 heterocycles. The van der Waals surface area contributed by atoms with Crippen LogP contribution in [0, 0.1) is 0 Å². The summed E-state index contributed by atoms with van der Waals surface area (Å²) in [6, 6.07) is 0. The third kappa shape index (κ3) is 1.91. The molecule has 0 bridgehead atoms. The van der Waals surface area contributed by atoms with Crippen molar-refractivity contribution < 1.29 is 13.2 Å². The number of alkyl halides is 3. The molecule has 0 saturated heterocycles. The molecule has 1 aliphatic rings. The van der Waals surface area contributed by atoms with Gasteiger partial charge < -0.3 is 5.32 Å². The van der Waals surface area contributed by atoms with Crippen molar-refractivity contribution in [3.63, 3.8) is 0 Å². The number of hydrogen-bond acceptors (Lipinski definition) is 1. The molecule has 0 aromatic heterocycles. The minimum absolute atomic E-state index is 0.250. The van der Waals surface area contributed by atoms with Crippen molar-refractivity contribution in [2.75, 3.05) is 6.54 Å². The molecule has 0 unspecified atom stereocenters. The lowest BCUT2D eigenvalue weighted by atomic mass is 10.2. The Balaban J connectivity index is 2.30. The van der Waals surface area contributed by atoms with Crippen LogP contribution in [0.15, 0.2) is 0 Å². The van der Waals surface area contributed by atoms with E-state index in [-0.39, 0.29) is 12.8 Å². The van der Waals surface area contributed by atoms with Crippen molar-refractivity contribution in [1.29, 1.82) is 0 Å². The number of nitrogens with one attached hydrogen (secondary N) is 1. The summed E-state index contributed by atoms with van der Waals surface area (Å²) in [7, 11) is 0. The van der Waals surface area contributed by atoms with Crippen LogP contribution in [0.1, 0.15) is 32.6 Å². The molecule has 0 spiro atoms. The van der Waals surface area contributed by atoms with E-state index >= 15 is 0 Å². The van der Waals surface area contributed by atoms with Gasteiger partial charge in [0.25, 0.3) is 0 Å². The van der Waals surface area contributed by atoms with Crippen LogP contribution in [0.4, 0.5) is 13.2 Å². The summed E-state index contributed by atoms with van der Waals surface area (Å²) in [5.41, 5.74) is -1.51. The second-order valence-corrected chi connectivity index (χ2v) is 3.36. The fourth-order valence-electron chi connectivity index (χ4n) is 1.19. The summed E-state index contributed by atoms with van der Waals surface area (Å²) in [5, 5.41) is 2.59. The molecule has 1 N–H and O–H groups in total. The first-order valence-corrected chi connectivity index (χ1v) is 4.33. The Morgan fingerprint density at radius 3 is 2.25 bits per heavy atom. The van der Waals surface area contributed by atoms with Gasteiger partial charge in [0, 0.05) is 0 Å². The Bertz CT molecular complexity index is 149. The predicted molar refractivity (Wildman–Crippen MR) is 40.9 cm³/mol. The van der Waals surface area contributed by atoms with Crippen LogP contribution in [-0.4, -0.2) is 18.3 Å². The van der Waals surface area contributed by atoms with Crippen LogP contribution in [0.2, 0.25) is 0 Å². The molecule has 0 radical (unpaired) electrons. The first-order valence-electron chi connectivity index (χ1n) is 4.33. The highest BCUT2D eigenvalue weighted by Gasteiger charge is 2.62. The molecule has 12 heavy (non-hydrogen) atoms. The third-order valence-corrected chi connectivity index (χ3v) is 2.29. The largest absolute Gasteiger partial charge is 0.406 e. The molecule has 0 aromatic rings. The minimum atomic E-state index is -4.05. The van der Waals surface area contributed by atoms with E-state index in [0.717, 1.165) is 12.8 Å². The van der Waals surface area contributed by atoms with Crippen LogP contribution in [0.3, 0.4) is 0 Å². The summed E-state index contributed by atoms with van der Waals surface area (Å²) >= 11 is 0. The van der Waals surface area contributed by atoms with Gasteiger partial charge in [-0.25, -0.2) is 0 Å². The molecule has 72 valence electrons. The number of hydrogen-bond donors (Lipinski definition) is 1. The average molecular weight is 181 g/mol. The zero-order chi connectivity index (χ0) is 9.24. The number of halogens is 3. The summed E-state index contributed by atoms with van der Waals surface area (Å²) in [6.45, 7) is 2.45. The van der Waals surface area contributed by atoms with Gasteiger partial charge in [-0.2, -0.15) is 13.2 Å². The van der Waals surface area contributed by atoms with Gasteiger partial charge in [-0.1, -0.05) is 13.3 Å². The lowest BCUT2D eigenvalue weighted by Crippen LogP contribution is -2.45. The van der Waals surface area contributed by atoms with Gasteiger partial charge >= 0.3 is 6.18 Å². The monoisotopic (exact) mass is 181 g/mol. The van der Waals surface area contributed by atoms with E-state index in [9.17, 15) is 13.2 Å². The first-order chi connectivity index (χ1) is 5.52. The zero-order valence-corrected chi connectivity index (χ0v) is 7.17. The standard InChI is InChI=1S/C8H14F3N/c1-2-3-6-12-7(4-5-7)8(9,10)11/h12H,2-6H2,1H3. The van der Waals surface area contributed by atoms with Gasteiger partial charge in [0.2, 0.25) is 0 Å². The maximum absolute atomic E-state index is 12.3. The molecule has 1 aliphatic carbocycles. The lowest BCUT2D eigenvalue weighted by molar-refractivity contribution is -0.165. The third-order valence-electron chi connectivity index (χ3n) is 2.29. The summed E-state index contributed by atoms with van der Waals surface area (Å²) in [4.78, 5) is 0. The minimum Gasteiger partial charge on any atom is -0.304 e. The highest BCUT2D eigenvalue weighted by Crippen LogP contribution is 2.48. The highest BCUT2D eigenvalue weighted by atomic mass is 19.4. The van der Waals surface area contributed by atoms with Gasteiger partial charge in [-0.05, 0) is 25.8 Å². The van der Waals surface area contributed by atoms with Crippen molar-refractivity contribution in [2.45, 2.75) is 44.3 Å². The Hall–Kier alpha value is -0.250. The van der Waals surface area contributed by atoms with Crippen molar-refractivity contribution in [3.8, 4) is 0 Å². The Morgan fingerprint density at radius 1 is 1.33 bits per heavy atom. The quantitative estimate of drug-likeness (QED) is 0.657. The maximum atomic E-state index is 12.3. The lowest BCUT2D eigenvalue weighted by Gasteiger charge is -2.20. The van der Waals surface area contributed by atoms with Crippen molar-refractivity contribution in [3.05, 3.63) is 0 Å². The summed E-state index contributed by atoms with van der Waals surface area (Å²) in [5.74, 6) is 0. The summed E-state index contributed by atoms with van der Waals surface area (Å²) < 4.78 is 36.8. The molecule has 1 saturated carbocycles. The van der Waals surface area contributed by atoms with E-state index in [2.05, 4.69) is 5.32 Å². The van der Waals surface area contributed by atoms with E-state index in [1.54, 1.807) is 0 Å². The van der Waals surface area contributed by atoms with Crippen LogP contribution in [0.25, 0.3) is 0 Å². The number of rotatable bonds is 4. The van der Waals surface area contributed by atoms with E-state index in [0.29, 0.717) is 6.54 Å². The molecule has 0 aliphatic heterocycles. The molecule has 0 amide bonds. The SMILES string of the molecule is CCCCNC1(C(F)(F)F)CC1. The number of unbranched alkanes of at least 4 members (excludes halogenated alkanes) is 1. The molecule has 1 fully saturated rings. The summed E-state index contributed by atoms with van der Waals surface area (Å²) in [6.07, 6.45) is -1.81. The van der Waals surface area contributed by atoms with Gasteiger partial charge in [0.1, 0.15) is 5.54 Å². The van der Waals surface area contributed by atoms with Gasteiger partial charge in [-0.3, -0.25) is 0 Å². The fourth-order valence-corrected chi connectivity index (χ4v) is 1.19. The average Bonchev–Trinajstić information content (AvgIpc) is 2.67. The van der Waals surface area contributed by atoms with Crippen LogP contribution in [-0.2, 0) is 0 Å². The Morgan fingerprint density at radius 2 is 1.92 bits per heavy atom. The topological polar surface area (TPSA) is 12.0 Å². The van der Waals surface area contributed by atoms with E-state index in [1.807, 2.05) is 6.92 Å². The zero-order valence-electron chi connectivity index (χ0n) is 7.17.